The van der Waals surface area contributed by atoms with Crippen LogP contribution >= 0.6 is 0 Å². The zero-order chi connectivity index (χ0) is 17.8. The van der Waals surface area contributed by atoms with Crippen LogP contribution in [0.15, 0.2) is 46.9 Å². The van der Waals surface area contributed by atoms with Crippen LogP contribution in [0.4, 0.5) is 11.4 Å². The van der Waals surface area contributed by atoms with Crippen molar-refractivity contribution in [1.82, 2.24) is 4.98 Å². The van der Waals surface area contributed by atoms with Crippen molar-refractivity contribution in [2.45, 2.75) is 26.8 Å². The first kappa shape index (κ1) is 16.8. The molecule has 0 aliphatic rings. The number of benzene rings is 2. The van der Waals surface area contributed by atoms with Crippen molar-refractivity contribution in [3.8, 4) is 5.75 Å². The van der Waals surface area contributed by atoms with Crippen molar-refractivity contribution in [2.75, 3.05) is 17.2 Å². The predicted molar refractivity (Wildman–Crippen MR) is 98.1 cm³/mol. The van der Waals surface area contributed by atoms with Gasteiger partial charge in [0, 0.05) is 18.3 Å². The van der Waals surface area contributed by atoms with Crippen LogP contribution in [0.3, 0.4) is 0 Å². The van der Waals surface area contributed by atoms with E-state index in [0.717, 1.165) is 28.2 Å². The highest BCUT2D eigenvalue weighted by Gasteiger charge is 2.13. The third kappa shape index (κ3) is 4.09. The van der Waals surface area contributed by atoms with Crippen LogP contribution < -0.4 is 15.4 Å². The van der Waals surface area contributed by atoms with Crippen molar-refractivity contribution in [3.05, 3.63) is 48.4 Å². The molecule has 1 heterocycles. The summed E-state index contributed by atoms with van der Waals surface area (Å²) < 4.78 is 10.8. The van der Waals surface area contributed by atoms with Crippen molar-refractivity contribution in [2.24, 2.45) is 0 Å². The Morgan fingerprint density at radius 2 is 1.92 bits per heavy atom. The summed E-state index contributed by atoms with van der Waals surface area (Å²) in [5.74, 6) is 1.27. The van der Waals surface area contributed by atoms with Crippen LogP contribution in [-0.2, 0) is 4.79 Å². The standard InChI is InChI=1S/C19H21N3O3/c1-4-24-16-8-5-14(6-9-16)22-19(23)12(2)20-15-7-10-18-17(11-15)21-13(3)25-18/h5-12,20H,4H2,1-3H3,(H,22,23)/t12-/m1/s1. The van der Waals surface area contributed by atoms with Crippen LogP contribution in [0.2, 0.25) is 0 Å². The van der Waals surface area contributed by atoms with Gasteiger partial charge in [-0.05, 0) is 56.3 Å². The fourth-order valence-electron chi connectivity index (χ4n) is 2.50. The van der Waals surface area contributed by atoms with Gasteiger partial charge in [0.1, 0.15) is 17.3 Å². The van der Waals surface area contributed by atoms with Crippen LogP contribution in [0, 0.1) is 6.92 Å². The van der Waals surface area contributed by atoms with Crippen molar-refractivity contribution in [1.29, 1.82) is 0 Å². The van der Waals surface area contributed by atoms with Crippen molar-refractivity contribution in [3.63, 3.8) is 0 Å². The second kappa shape index (κ2) is 7.25. The Morgan fingerprint density at radius 1 is 1.20 bits per heavy atom. The number of rotatable bonds is 6. The number of amides is 1. The summed E-state index contributed by atoms with van der Waals surface area (Å²) in [6, 6.07) is 12.5. The predicted octanol–water partition coefficient (Wildman–Crippen LogP) is 3.97. The van der Waals surface area contributed by atoms with Gasteiger partial charge < -0.3 is 19.8 Å². The van der Waals surface area contributed by atoms with E-state index in [4.69, 9.17) is 9.15 Å². The molecule has 130 valence electrons. The number of nitrogens with zero attached hydrogens (tertiary/aromatic N) is 1. The van der Waals surface area contributed by atoms with E-state index in [0.29, 0.717) is 12.5 Å². The van der Waals surface area contributed by atoms with Crippen LogP contribution in [0.1, 0.15) is 19.7 Å². The van der Waals surface area contributed by atoms with E-state index in [1.807, 2.05) is 56.3 Å². The number of hydrogen-bond acceptors (Lipinski definition) is 5. The molecule has 2 aromatic carbocycles. The number of aromatic nitrogens is 1. The molecule has 0 aliphatic carbocycles. The van der Waals surface area contributed by atoms with Crippen LogP contribution in [0.5, 0.6) is 5.75 Å². The minimum Gasteiger partial charge on any atom is -0.494 e. The largest absolute Gasteiger partial charge is 0.494 e. The van der Waals surface area contributed by atoms with Crippen LogP contribution in [0.25, 0.3) is 11.1 Å². The van der Waals surface area contributed by atoms with Crippen LogP contribution in [-0.4, -0.2) is 23.5 Å². The van der Waals surface area contributed by atoms with E-state index in [9.17, 15) is 4.79 Å². The number of nitrogens with one attached hydrogen (secondary N) is 2. The van der Waals surface area contributed by atoms with Gasteiger partial charge in [-0.15, -0.1) is 0 Å². The number of aryl methyl sites for hydroxylation is 1. The smallest absolute Gasteiger partial charge is 0.246 e. The van der Waals surface area contributed by atoms with E-state index in [1.165, 1.54) is 0 Å². The lowest BCUT2D eigenvalue weighted by Crippen LogP contribution is -2.31. The zero-order valence-corrected chi connectivity index (χ0v) is 14.5. The summed E-state index contributed by atoms with van der Waals surface area (Å²) in [6.07, 6.45) is 0. The normalized spacial score (nSPS) is 12.0. The molecule has 1 atom stereocenters. The fourth-order valence-corrected chi connectivity index (χ4v) is 2.50. The Kier molecular flexibility index (Phi) is 4.88. The molecular formula is C19H21N3O3. The molecule has 0 aliphatic heterocycles. The van der Waals surface area contributed by atoms with Gasteiger partial charge in [0.15, 0.2) is 11.5 Å². The number of carbonyl (C=O) groups is 1. The SMILES string of the molecule is CCOc1ccc(NC(=O)[C@@H](C)Nc2ccc3oc(C)nc3c2)cc1. The molecule has 6 nitrogen and oxygen atoms in total. The molecule has 0 fully saturated rings. The van der Waals surface area contributed by atoms with Gasteiger partial charge in [-0.1, -0.05) is 0 Å². The van der Waals surface area contributed by atoms with Crippen molar-refractivity contribution < 1.29 is 13.9 Å². The number of anilines is 2. The number of fused-ring (bicyclic) bond motifs is 1. The Bertz CT molecular complexity index is 871. The van der Waals surface area contributed by atoms with Gasteiger partial charge >= 0.3 is 0 Å². The minimum absolute atomic E-state index is 0.124. The number of hydrogen-bond donors (Lipinski definition) is 2. The van der Waals surface area contributed by atoms with E-state index < -0.39 is 6.04 Å². The maximum atomic E-state index is 12.4. The maximum Gasteiger partial charge on any atom is 0.246 e. The van der Waals surface area contributed by atoms with E-state index in [-0.39, 0.29) is 5.91 Å². The zero-order valence-electron chi connectivity index (χ0n) is 14.5. The topological polar surface area (TPSA) is 76.4 Å². The van der Waals surface area contributed by atoms with E-state index in [2.05, 4.69) is 15.6 Å². The molecule has 0 saturated heterocycles. The average Bonchev–Trinajstić information content (AvgIpc) is 2.96. The van der Waals surface area contributed by atoms with Crippen molar-refractivity contribution >= 4 is 28.4 Å². The molecular weight excluding hydrogens is 318 g/mol. The molecule has 25 heavy (non-hydrogen) atoms. The molecule has 0 saturated carbocycles. The van der Waals surface area contributed by atoms with Gasteiger partial charge in [0.25, 0.3) is 0 Å². The van der Waals surface area contributed by atoms with Gasteiger partial charge in [-0.2, -0.15) is 0 Å². The maximum absolute atomic E-state index is 12.4. The third-order valence-corrected chi connectivity index (χ3v) is 3.70. The lowest BCUT2D eigenvalue weighted by molar-refractivity contribution is -0.116. The number of ether oxygens (including phenoxy) is 1. The summed E-state index contributed by atoms with van der Waals surface area (Å²) in [5, 5.41) is 6.06. The van der Waals surface area contributed by atoms with E-state index in [1.54, 1.807) is 6.92 Å². The van der Waals surface area contributed by atoms with Gasteiger partial charge in [0.05, 0.1) is 6.61 Å². The second-order valence-electron chi connectivity index (χ2n) is 5.73. The first-order valence-corrected chi connectivity index (χ1v) is 8.22. The summed E-state index contributed by atoms with van der Waals surface area (Å²) in [7, 11) is 0. The lowest BCUT2D eigenvalue weighted by Gasteiger charge is -2.15. The quantitative estimate of drug-likeness (QED) is 0.710. The molecule has 0 radical (unpaired) electrons. The molecule has 3 aromatic rings. The Labute approximate surface area is 146 Å². The van der Waals surface area contributed by atoms with Gasteiger partial charge in [-0.25, -0.2) is 4.98 Å². The highest BCUT2D eigenvalue weighted by Crippen LogP contribution is 2.21. The summed E-state index contributed by atoms with van der Waals surface area (Å²) in [4.78, 5) is 16.7. The molecule has 0 unspecified atom stereocenters. The highest BCUT2D eigenvalue weighted by molar-refractivity contribution is 5.96. The summed E-state index contributed by atoms with van der Waals surface area (Å²) >= 11 is 0. The fraction of sp³-hybridized carbons (Fsp3) is 0.263. The molecule has 2 N–H and O–H groups in total. The molecule has 6 heteroatoms. The Morgan fingerprint density at radius 3 is 2.64 bits per heavy atom. The Hall–Kier alpha value is -3.02. The number of carbonyl (C=O) groups excluding carboxylic acids is 1. The summed E-state index contributed by atoms with van der Waals surface area (Å²) in [5.41, 5.74) is 3.04. The lowest BCUT2D eigenvalue weighted by atomic mass is 10.2. The number of oxazole rings is 1. The molecule has 1 aromatic heterocycles. The van der Waals surface area contributed by atoms with Gasteiger partial charge in [0.2, 0.25) is 5.91 Å². The first-order valence-electron chi connectivity index (χ1n) is 8.22. The minimum atomic E-state index is -0.406. The molecule has 0 bridgehead atoms. The monoisotopic (exact) mass is 339 g/mol. The third-order valence-electron chi connectivity index (χ3n) is 3.70. The first-order chi connectivity index (χ1) is 12.0. The average molecular weight is 339 g/mol. The Balaban J connectivity index is 1.62. The molecule has 0 spiro atoms. The molecule has 3 rings (SSSR count). The highest BCUT2D eigenvalue weighted by atomic mass is 16.5. The summed E-state index contributed by atoms with van der Waals surface area (Å²) in [6.45, 7) is 6.16. The van der Waals surface area contributed by atoms with Gasteiger partial charge in [-0.3, -0.25) is 4.79 Å². The molecule has 1 amide bonds. The second-order valence-corrected chi connectivity index (χ2v) is 5.73. The van der Waals surface area contributed by atoms with E-state index >= 15 is 0 Å².